The molecule has 6 nitrogen and oxygen atoms in total. The van der Waals surface area contributed by atoms with Crippen molar-refractivity contribution >= 4 is 29.9 Å². The minimum Gasteiger partial charge on any atom is -0.491 e. The van der Waals surface area contributed by atoms with Gasteiger partial charge in [0.2, 0.25) is 0 Å². The average molecular weight is 493 g/mol. The molecule has 0 atom stereocenters. The SMILES string of the molecule is CCOCCOc1cc(C)ccc1CNC(=NC)NCCCOC(C)C.I. The summed E-state index contributed by atoms with van der Waals surface area (Å²) in [6.07, 6.45) is 1.21. The third kappa shape index (κ3) is 12.1. The van der Waals surface area contributed by atoms with Crippen molar-refractivity contribution in [2.45, 2.75) is 46.8 Å². The van der Waals surface area contributed by atoms with Crippen LogP contribution in [0.15, 0.2) is 23.2 Å². The number of halogens is 1. The van der Waals surface area contributed by atoms with E-state index in [-0.39, 0.29) is 30.1 Å². The number of nitrogens with zero attached hydrogens (tertiary/aromatic N) is 1. The van der Waals surface area contributed by atoms with Gasteiger partial charge in [-0.15, -0.1) is 24.0 Å². The van der Waals surface area contributed by atoms with Gasteiger partial charge in [-0.1, -0.05) is 12.1 Å². The fourth-order valence-corrected chi connectivity index (χ4v) is 2.29. The van der Waals surface area contributed by atoms with Crippen LogP contribution in [-0.4, -0.2) is 52.1 Å². The van der Waals surface area contributed by atoms with Crippen LogP contribution in [0.1, 0.15) is 38.3 Å². The Hall–Kier alpha value is -1.06. The van der Waals surface area contributed by atoms with E-state index < -0.39 is 0 Å². The summed E-state index contributed by atoms with van der Waals surface area (Å²) in [5.74, 6) is 1.66. The Balaban J connectivity index is 0.00000676. The molecule has 1 aromatic carbocycles. The molecule has 0 saturated heterocycles. The maximum absolute atomic E-state index is 5.88. The van der Waals surface area contributed by atoms with Crippen LogP contribution in [0.5, 0.6) is 5.75 Å². The summed E-state index contributed by atoms with van der Waals surface area (Å²) in [6.45, 7) is 12.2. The zero-order valence-electron chi connectivity index (χ0n) is 17.3. The lowest BCUT2D eigenvalue weighted by Gasteiger charge is -2.16. The van der Waals surface area contributed by atoms with E-state index in [9.17, 15) is 0 Å². The molecule has 0 bridgehead atoms. The number of benzene rings is 1. The standard InChI is InChI=1S/C20H35N3O3.HI/c1-6-24-12-13-26-19-14-17(4)8-9-18(19)15-23-20(21-5)22-10-7-11-25-16(2)3;/h8-9,14,16H,6-7,10-13,15H2,1-5H3,(H2,21,22,23);1H. The van der Waals surface area contributed by atoms with E-state index >= 15 is 0 Å². The second-order valence-electron chi connectivity index (χ2n) is 6.28. The molecule has 0 heterocycles. The Morgan fingerprint density at radius 2 is 1.93 bits per heavy atom. The van der Waals surface area contributed by atoms with Gasteiger partial charge in [0.1, 0.15) is 12.4 Å². The van der Waals surface area contributed by atoms with E-state index in [0.29, 0.717) is 26.4 Å². The van der Waals surface area contributed by atoms with Crippen molar-refractivity contribution in [3.05, 3.63) is 29.3 Å². The van der Waals surface area contributed by atoms with Gasteiger partial charge in [-0.3, -0.25) is 4.99 Å². The highest BCUT2D eigenvalue weighted by Crippen LogP contribution is 2.20. The van der Waals surface area contributed by atoms with E-state index in [4.69, 9.17) is 14.2 Å². The first-order chi connectivity index (χ1) is 12.6. The third-order valence-corrected chi connectivity index (χ3v) is 3.65. The largest absolute Gasteiger partial charge is 0.491 e. The van der Waals surface area contributed by atoms with Gasteiger partial charge in [-0.05, 0) is 45.7 Å². The molecule has 2 N–H and O–H groups in total. The number of guanidine groups is 1. The fraction of sp³-hybridized carbons (Fsp3) is 0.650. The minimum atomic E-state index is 0. The maximum Gasteiger partial charge on any atom is 0.191 e. The van der Waals surface area contributed by atoms with E-state index in [2.05, 4.69) is 40.7 Å². The molecule has 0 aliphatic rings. The van der Waals surface area contributed by atoms with Crippen LogP contribution in [0.2, 0.25) is 0 Å². The first-order valence-corrected chi connectivity index (χ1v) is 9.43. The smallest absolute Gasteiger partial charge is 0.191 e. The number of hydrogen-bond donors (Lipinski definition) is 2. The molecule has 7 heteroatoms. The Morgan fingerprint density at radius 1 is 1.15 bits per heavy atom. The topological polar surface area (TPSA) is 64.1 Å². The molecule has 0 aliphatic carbocycles. The first kappa shape index (κ1) is 25.9. The zero-order chi connectivity index (χ0) is 19.2. The van der Waals surface area contributed by atoms with Gasteiger partial charge in [0.05, 0.1) is 12.7 Å². The number of aryl methyl sites for hydroxylation is 1. The summed E-state index contributed by atoms with van der Waals surface area (Å²) in [6, 6.07) is 6.23. The molecule has 0 aliphatic heterocycles. The molecule has 0 radical (unpaired) electrons. The van der Waals surface area contributed by atoms with E-state index in [1.54, 1.807) is 7.05 Å². The quantitative estimate of drug-likeness (QED) is 0.202. The summed E-state index contributed by atoms with van der Waals surface area (Å²) in [5, 5.41) is 6.64. The van der Waals surface area contributed by atoms with Crippen LogP contribution in [0.4, 0.5) is 0 Å². The molecular weight excluding hydrogens is 457 g/mol. The summed E-state index contributed by atoms with van der Waals surface area (Å²) in [7, 11) is 1.77. The number of aliphatic imine (C=N–C) groups is 1. The van der Waals surface area contributed by atoms with Crippen molar-refractivity contribution in [2.75, 3.05) is 40.0 Å². The van der Waals surface area contributed by atoms with Crippen LogP contribution >= 0.6 is 24.0 Å². The lowest BCUT2D eigenvalue weighted by molar-refractivity contribution is 0.0776. The predicted octanol–water partition coefficient (Wildman–Crippen LogP) is 3.51. The Bertz CT molecular complexity index is 539. The highest BCUT2D eigenvalue weighted by atomic mass is 127. The van der Waals surface area contributed by atoms with Crippen molar-refractivity contribution < 1.29 is 14.2 Å². The minimum absolute atomic E-state index is 0. The summed E-state index contributed by atoms with van der Waals surface area (Å²) in [4.78, 5) is 4.26. The number of rotatable bonds is 12. The summed E-state index contributed by atoms with van der Waals surface area (Å²) in [5.41, 5.74) is 2.27. The Labute approximate surface area is 181 Å². The average Bonchev–Trinajstić information content (AvgIpc) is 2.62. The second-order valence-corrected chi connectivity index (χ2v) is 6.28. The molecule has 0 unspecified atom stereocenters. The van der Waals surface area contributed by atoms with E-state index in [1.165, 1.54) is 5.56 Å². The number of nitrogens with one attached hydrogen (secondary N) is 2. The van der Waals surface area contributed by atoms with Gasteiger partial charge in [-0.25, -0.2) is 0 Å². The molecule has 27 heavy (non-hydrogen) atoms. The lowest BCUT2D eigenvalue weighted by atomic mass is 10.1. The molecule has 0 spiro atoms. The van der Waals surface area contributed by atoms with Gasteiger partial charge in [0.25, 0.3) is 0 Å². The Kier molecular flexibility index (Phi) is 15.3. The monoisotopic (exact) mass is 493 g/mol. The van der Waals surface area contributed by atoms with Gasteiger partial charge < -0.3 is 24.8 Å². The lowest BCUT2D eigenvalue weighted by Crippen LogP contribution is -2.37. The van der Waals surface area contributed by atoms with E-state index in [1.807, 2.05) is 20.8 Å². The fourth-order valence-electron chi connectivity index (χ4n) is 2.29. The normalized spacial score (nSPS) is 11.3. The molecular formula is C20H36IN3O3. The summed E-state index contributed by atoms with van der Waals surface area (Å²) < 4.78 is 16.8. The maximum atomic E-state index is 5.88. The van der Waals surface area contributed by atoms with Crippen LogP contribution in [0, 0.1) is 6.92 Å². The van der Waals surface area contributed by atoms with Crippen molar-refractivity contribution in [1.29, 1.82) is 0 Å². The molecule has 1 aromatic rings. The third-order valence-electron chi connectivity index (χ3n) is 3.65. The zero-order valence-corrected chi connectivity index (χ0v) is 19.7. The molecule has 1 rings (SSSR count). The van der Waals surface area contributed by atoms with Gasteiger partial charge in [0.15, 0.2) is 5.96 Å². The van der Waals surface area contributed by atoms with Crippen LogP contribution in [0.3, 0.4) is 0 Å². The molecule has 0 fully saturated rings. The van der Waals surface area contributed by atoms with Gasteiger partial charge in [0, 0.05) is 38.9 Å². The molecule has 0 amide bonds. The van der Waals surface area contributed by atoms with E-state index in [0.717, 1.165) is 36.8 Å². The van der Waals surface area contributed by atoms with Crippen molar-refractivity contribution in [2.24, 2.45) is 4.99 Å². The first-order valence-electron chi connectivity index (χ1n) is 9.43. The van der Waals surface area contributed by atoms with Gasteiger partial charge in [-0.2, -0.15) is 0 Å². The molecule has 0 saturated carbocycles. The van der Waals surface area contributed by atoms with Crippen LogP contribution in [0.25, 0.3) is 0 Å². The van der Waals surface area contributed by atoms with Crippen LogP contribution in [-0.2, 0) is 16.0 Å². The summed E-state index contributed by atoms with van der Waals surface area (Å²) >= 11 is 0. The van der Waals surface area contributed by atoms with Crippen molar-refractivity contribution in [3.8, 4) is 5.75 Å². The van der Waals surface area contributed by atoms with Crippen LogP contribution < -0.4 is 15.4 Å². The number of hydrogen-bond acceptors (Lipinski definition) is 4. The number of ether oxygens (including phenoxy) is 3. The van der Waals surface area contributed by atoms with Gasteiger partial charge >= 0.3 is 0 Å². The molecule has 0 aromatic heterocycles. The Morgan fingerprint density at radius 3 is 2.59 bits per heavy atom. The molecule has 156 valence electrons. The van der Waals surface area contributed by atoms with Crippen molar-refractivity contribution in [3.63, 3.8) is 0 Å². The predicted molar refractivity (Wildman–Crippen MR) is 122 cm³/mol. The van der Waals surface area contributed by atoms with Crippen molar-refractivity contribution in [1.82, 2.24) is 10.6 Å². The highest BCUT2D eigenvalue weighted by Gasteiger charge is 2.06. The highest BCUT2D eigenvalue weighted by molar-refractivity contribution is 14.0. The second kappa shape index (κ2) is 15.9.